The second kappa shape index (κ2) is 13.7. The Kier molecular flexibility index (Phi) is 9.97. The van der Waals surface area contributed by atoms with Gasteiger partial charge in [-0.2, -0.15) is 31.4 Å². The van der Waals surface area contributed by atoms with Crippen LogP contribution in [0.15, 0.2) is 90.3 Å². The van der Waals surface area contributed by atoms with Crippen LogP contribution >= 0.6 is 0 Å². The third kappa shape index (κ3) is 8.62. The lowest BCUT2D eigenvalue weighted by molar-refractivity contribution is -0.144. The number of oxime groups is 1. The smallest absolute Gasteiger partial charge is 0.416 e. The molecule has 0 N–H and O–H groups in total. The zero-order valence-electron chi connectivity index (χ0n) is 23.5. The standard InChI is InChI=1S/C31H27F6N3O4/c1-20(39-44-19-22-6-4-3-5-7-22)28(29(41)42-2)12-21-8-10-27(11-9-21)43-18-23-16-38-40(17-23)26-14-24(30(32,33)34)13-25(15-26)31(35,36)37/h3-11,13-17,28H,12,18-19H2,1-2H3. The molecule has 4 rings (SSSR count). The lowest BCUT2D eigenvalue weighted by atomic mass is 9.95. The quantitative estimate of drug-likeness (QED) is 0.0757. The van der Waals surface area contributed by atoms with Gasteiger partial charge in [0.2, 0.25) is 0 Å². The normalized spacial score (nSPS) is 13.0. The summed E-state index contributed by atoms with van der Waals surface area (Å²) in [6.07, 6.45) is -7.10. The zero-order chi connectivity index (χ0) is 31.9. The molecule has 3 aromatic carbocycles. The molecule has 0 spiro atoms. The second-order valence-electron chi connectivity index (χ2n) is 9.76. The van der Waals surface area contributed by atoms with Gasteiger partial charge in [0, 0.05) is 11.8 Å². The number of hydrogen-bond acceptors (Lipinski definition) is 6. The van der Waals surface area contributed by atoms with Crippen molar-refractivity contribution in [3.8, 4) is 11.4 Å². The van der Waals surface area contributed by atoms with Crippen LogP contribution in [0.3, 0.4) is 0 Å². The van der Waals surface area contributed by atoms with Crippen molar-refractivity contribution in [2.45, 2.75) is 38.9 Å². The van der Waals surface area contributed by atoms with Gasteiger partial charge in [-0.15, -0.1) is 0 Å². The fraction of sp³-hybridized carbons (Fsp3) is 0.258. The summed E-state index contributed by atoms with van der Waals surface area (Å²) in [4.78, 5) is 17.9. The van der Waals surface area contributed by atoms with Gasteiger partial charge >= 0.3 is 18.3 Å². The SMILES string of the molecule is COC(=O)C(Cc1ccc(OCc2cnn(-c3cc(C(F)(F)F)cc(C(F)(F)F)c3)c2)cc1)C(C)=NOCc1ccccc1. The average Bonchev–Trinajstić information content (AvgIpc) is 3.47. The maximum absolute atomic E-state index is 13.2. The van der Waals surface area contributed by atoms with Crippen LogP contribution in [-0.4, -0.2) is 28.6 Å². The molecular weight excluding hydrogens is 592 g/mol. The van der Waals surface area contributed by atoms with Crippen LogP contribution in [-0.2, 0) is 46.4 Å². The molecule has 232 valence electrons. The van der Waals surface area contributed by atoms with Crippen LogP contribution < -0.4 is 4.74 Å². The van der Waals surface area contributed by atoms with Crippen molar-refractivity contribution >= 4 is 11.7 Å². The van der Waals surface area contributed by atoms with Gasteiger partial charge in [-0.3, -0.25) is 4.79 Å². The average molecular weight is 620 g/mol. The van der Waals surface area contributed by atoms with Crippen LogP contribution in [0.25, 0.3) is 5.69 Å². The number of rotatable bonds is 11. The van der Waals surface area contributed by atoms with Gasteiger partial charge in [-0.05, 0) is 54.8 Å². The monoisotopic (exact) mass is 619 g/mol. The van der Waals surface area contributed by atoms with E-state index >= 15 is 0 Å². The van der Waals surface area contributed by atoms with Crippen LogP contribution in [0.5, 0.6) is 5.75 Å². The Morgan fingerprint density at radius 2 is 1.50 bits per heavy atom. The van der Waals surface area contributed by atoms with E-state index in [2.05, 4.69) is 10.3 Å². The van der Waals surface area contributed by atoms with E-state index in [1.165, 1.54) is 19.5 Å². The van der Waals surface area contributed by atoms with Gasteiger partial charge in [0.05, 0.1) is 35.8 Å². The number of carbonyl (C=O) groups excluding carboxylic acids is 1. The van der Waals surface area contributed by atoms with Crippen molar-refractivity contribution in [2.24, 2.45) is 11.1 Å². The molecular formula is C31H27F6N3O4. The highest BCUT2D eigenvalue weighted by Gasteiger charge is 2.37. The molecule has 13 heteroatoms. The van der Waals surface area contributed by atoms with E-state index in [9.17, 15) is 31.1 Å². The third-order valence-electron chi connectivity index (χ3n) is 6.51. The summed E-state index contributed by atoms with van der Waals surface area (Å²) in [6, 6.07) is 17.5. The Balaban J connectivity index is 1.39. The molecule has 0 aliphatic heterocycles. The Morgan fingerprint density at radius 3 is 2.09 bits per heavy atom. The Bertz CT molecular complexity index is 1550. The molecule has 1 heterocycles. The van der Waals surface area contributed by atoms with Crippen molar-refractivity contribution in [1.82, 2.24) is 9.78 Å². The van der Waals surface area contributed by atoms with Gasteiger partial charge in [-0.25, -0.2) is 4.68 Å². The molecule has 1 atom stereocenters. The summed E-state index contributed by atoms with van der Waals surface area (Å²) in [5.41, 5.74) is -0.720. The molecule has 1 aromatic heterocycles. The van der Waals surface area contributed by atoms with Gasteiger partial charge < -0.3 is 14.3 Å². The molecule has 7 nitrogen and oxygen atoms in total. The van der Waals surface area contributed by atoms with E-state index < -0.39 is 41.1 Å². The number of nitrogens with zero attached hydrogens (tertiary/aromatic N) is 3. The zero-order valence-corrected chi connectivity index (χ0v) is 23.5. The maximum atomic E-state index is 13.2. The van der Waals surface area contributed by atoms with Gasteiger partial charge in [0.1, 0.15) is 24.9 Å². The Labute approximate surface area is 248 Å². The van der Waals surface area contributed by atoms with Crippen molar-refractivity contribution in [1.29, 1.82) is 0 Å². The Morgan fingerprint density at radius 1 is 0.864 bits per heavy atom. The van der Waals surface area contributed by atoms with Crippen molar-refractivity contribution in [3.05, 3.63) is 113 Å². The van der Waals surface area contributed by atoms with Gasteiger partial charge in [-0.1, -0.05) is 47.6 Å². The van der Waals surface area contributed by atoms with E-state index in [1.54, 1.807) is 31.2 Å². The molecule has 0 saturated carbocycles. The van der Waals surface area contributed by atoms with Crippen molar-refractivity contribution < 1.29 is 45.4 Å². The summed E-state index contributed by atoms with van der Waals surface area (Å²) in [6.45, 7) is 1.86. The minimum Gasteiger partial charge on any atom is -0.489 e. The maximum Gasteiger partial charge on any atom is 0.416 e. The predicted octanol–water partition coefficient (Wildman–Crippen LogP) is 7.41. The first-order valence-corrected chi connectivity index (χ1v) is 13.2. The van der Waals surface area contributed by atoms with Crippen molar-refractivity contribution in [3.63, 3.8) is 0 Å². The van der Waals surface area contributed by atoms with Gasteiger partial charge in [0.25, 0.3) is 0 Å². The summed E-state index contributed by atoms with van der Waals surface area (Å²) >= 11 is 0. The largest absolute Gasteiger partial charge is 0.489 e. The van der Waals surface area contributed by atoms with E-state index in [-0.39, 0.29) is 25.7 Å². The fourth-order valence-corrected chi connectivity index (χ4v) is 4.16. The molecule has 4 aromatic rings. The second-order valence-corrected chi connectivity index (χ2v) is 9.76. The number of hydrogen-bond donors (Lipinski definition) is 0. The Hall–Kier alpha value is -4.81. The lowest BCUT2D eigenvalue weighted by Crippen LogP contribution is -2.26. The van der Waals surface area contributed by atoms with Crippen LogP contribution in [0.2, 0.25) is 0 Å². The topological polar surface area (TPSA) is 74.9 Å². The number of alkyl halides is 6. The minimum atomic E-state index is -4.97. The first-order chi connectivity index (χ1) is 20.8. The lowest BCUT2D eigenvalue weighted by Gasteiger charge is -2.15. The highest BCUT2D eigenvalue weighted by Crippen LogP contribution is 2.37. The molecule has 0 amide bonds. The molecule has 0 fully saturated rings. The predicted molar refractivity (Wildman–Crippen MR) is 148 cm³/mol. The van der Waals surface area contributed by atoms with Gasteiger partial charge in [0.15, 0.2) is 0 Å². The van der Waals surface area contributed by atoms with Crippen LogP contribution in [0, 0.1) is 5.92 Å². The summed E-state index contributed by atoms with van der Waals surface area (Å²) in [5, 5.41) is 8.00. The van der Waals surface area contributed by atoms with E-state index in [4.69, 9.17) is 14.3 Å². The van der Waals surface area contributed by atoms with Crippen LogP contribution in [0.4, 0.5) is 26.3 Å². The number of benzene rings is 3. The minimum absolute atomic E-state index is 0.0558. The summed E-state index contributed by atoms with van der Waals surface area (Å²) in [5.74, 6) is -0.733. The summed E-state index contributed by atoms with van der Waals surface area (Å²) < 4.78 is 90.9. The number of esters is 1. The van der Waals surface area contributed by atoms with E-state index in [1.807, 2.05) is 30.3 Å². The van der Waals surface area contributed by atoms with Crippen molar-refractivity contribution in [2.75, 3.05) is 7.11 Å². The number of aromatic nitrogens is 2. The number of ether oxygens (including phenoxy) is 2. The molecule has 44 heavy (non-hydrogen) atoms. The molecule has 0 saturated heterocycles. The van der Waals surface area contributed by atoms with E-state index in [0.29, 0.717) is 29.2 Å². The number of halogens is 6. The van der Waals surface area contributed by atoms with E-state index in [0.717, 1.165) is 15.8 Å². The summed E-state index contributed by atoms with van der Waals surface area (Å²) in [7, 11) is 1.29. The van der Waals surface area contributed by atoms with Crippen LogP contribution in [0.1, 0.15) is 34.7 Å². The molecule has 0 aliphatic rings. The highest BCUT2D eigenvalue weighted by atomic mass is 19.4. The number of methoxy groups -OCH3 is 1. The molecule has 0 aliphatic carbocycles. The first kappa shape index (κ1) is 32.1. The molecule has 1 unspecified atom stereocenters. The third-order valence-corrected chi connectivity index (χ3v) is 6.51. The highest BCUT2D eigenvalue weighted by molar-refractivity contribution is 6.00. The fourth-order valence-electron chi connectivity index (χ4n) is 4.16. The first-order valence-electron chi connectivity index (χ1n) is 13.2. The molecule has 0 bridgehead atoms. The molecule has 0 radical (unpaired) electrons. The number of carbonyl (C=O) groups is 1.